The minimum Gasteiger partial charge on any atom is -0.342 e. The maximum atomic E-state index is 12.5. The molecule has 6 nitrogen and oxygen atoms in total. The molecule has 1 unspecified atom stereocenters. The molecule has 0 aliphatic carbocycles. The molecule has 0 bridgehead atoms. The first-order valence-electron chi connectivity index (χ1n) is 8.06. The Balaban J connectivity index is 1.51. The Morgan fingerprint density at radius 3 is 2.68 bits per heavy atom. The minimum atomic E-state index is -0.236. The Labute approximate surface area is 144 Å². The van der Waals surface area contributed by atoms with E-state index in [2.05, 4.69) is 20.4 Å². The lowest BCUT2D eigenvalue weighted by atomic mass is 10.2. The molecule has 0 saturated carbocycles. The van der Waals surface area contributed by atoms with Crippen molar-refractivity contribution >= 4 is 16.9 Å². The van der Waals surface area contributed by atoms with E-state index in [1.807, 2.05) is 61.5 Å². The van der Waals surface area contributed by atoms with Crippen molar-refractivity contribution in [2.24, 2.45) is 0 Å². The summed E-state index contributed by atoms with van der Waals surface area (Å²) in [7, 11) is 0. The quantitative estimate of drug-likeness (QED) is 0.603. The smallest absolute Gasteiger partial charge is 0.255 e. The van der Waals surface area contributed by atoms with Crippen LogP contribution in [0.4, 0.5) is 0 Å². The third-order valence-electron chi connectivity index (χ3n) is 4.03. The van der Waals surface area contributed by atoms with Crippen LogP contribution in [0.25, 0.3) is 16.7 Å². The van der Waals surface area contributed by atoms with Crippen molar-refractivity contribution in [2.75, 3.05) is 0 Å². The molecule has 2 heterocycles. The second-order valence-corrected chi connectivity index (χ2v) is 5.84. The Morgan fingerprint density at radius 1 is 1.12 bits per heavy atom. The lowest BCUT2D eigenvalue weighted by Crippen LogP contribution is -2.27. The normalized spacial score (nSPS) is 12.2. The second-order valence-electron chi connectivity index (χ2n) is 5.84. The van der Waals surface area contributed by atoms with Gasteiger partial charge in [-0.3, -0.25) is 4.79 Å². The van der Waals surface area contributed by atoms with E-state index in [1.54, 1.807) is 17.1 Å². The highest BCUT2D eigenvalue weighted by molar-refractivity contribution is 5.94. The summed E-state index contributed by atoms with van der Waals surface area (Å²) in [5.41, 5.74) is 3.25. The van der Waals surface area contributed by atoms with Crippen molar-refractivity contribution < 1.29 is 4.79 Å². The van der Waals surface area contributed by atoms with E-state index in [4.69, 9.17) is 0 Å². The molecule has 0 aliphatic rings. The summed E-state index contributed by atoms with van der Waals surface area (Å²) in [5, 5.41) is 7.21. The van der Waals surface area contributed by atoms with Gasteiger partial charge in [0.25, 0.3) is 5.91 Å². The molecule has 0 spiro atoms. The Bertz CT molecular complexity index is 985. The van der Waals surface area contributed by atoms with Crippen LogP contribution in [-0.4, -0.2) is 25.7 Å². The fourth-order valence-electron chi connectivity index (χ4n) is 2.69. The van der Waals surface area contributed by atoms with E-state index in [-0.39, 0.29) is 11.9 Å². The highest BCUT2D eigenvalue weighted by Gasteiger charge is 2.16. The van der Waals surface area contributed by atoms with Crippen molar-refractivity contribution in [1.29, 1.82) is 0 Å². The number of imidazole rings is 1. The van der Waals surface area contributed by atoms with Gasteiger partial charge in [0.2, 0.25) is 0 Å². The van der Waals surface area contributed by atoms with Gasteiger partial charge in [0.1, 0.15) is 5.82 Å². The van der Waals surface area contributed by atoms with Gasteiger partial charge < -0.3 is 10.3 Å². The first-order chi connectivity index (χ1) is 12.2. The number of amides is 1. The first-order valence-corrected chi connectivity index (χ1v) is 8.06. The molecular weight excluding hydrogens is 314 g/mol. The molecule has 6 heteroatoms. The number of hydrogen-bond acceptors (Lipinski definition) is 3. The van der Waals surface area contributed by atoms with Crippen LogP contribution in [0.2, 0.25) is 0 Å². The van der Waals surface area contributed by atoms with Gasteiger partial charge >= 0.3 is 0 Å². The number of aromatic amines is 1. The number of para-hydroxylation sites is 3. The molecule has 1 amide bonds. The molecule has 124 valence electrons. The van der Waals surface area contributed by atoms with Crippen molar-refractivity contribution in [3.05, 3.63) is 78.4 Å². The van der Waals surface area contributed by atoms with Crippen LogP contribution in [0.15, 0.2) is 67.0 Å². The largest absolute Gasteiger partial charge is 0.342 e. The fourth-order valence-corrected chi connectivity index (χ4v) is 2.69. The number of rotatable bonds is 4. The van der Waals surface area contributed by atoms with E-state index in [9.17, 15) is 4.79 Å². The van der Waals surface area contributed by atoms with Crippen LogP contribution < -0.4 is 5.32 Å². The minimum absolute atomic E-state index is 0.185. The zero-order valence-corrected chi connectivity index (χ0v) is 13.7. The van der Waals surface area contributed by atoms with Gasteiger partial charge in [0.15, 0.2) is 0 Å². The van der Waals surface area contributed by atoms with Crippen LogP contribution in [0.1, 0.15) is 29.1 Å². The van der Waals surface area contributed by atoms with Gasteiger partial charge in [0, 0.05) is 6.20 Å². The number of hydrogen-bond donors (Lipinski definition) is 2. The molecule has 0 fully saturated rings. The zero-order valence-electron chi connectivity index (χ0n) is 13.7. The Hall–Kier alpha value is -3.41. The van der Waals surface area contributed by atoms with Crippen LogP contribution in [0.3, 0.4) is 0 Å². The monoisotopic (exact) mass is 331 g/mol. The standard InChI is InChI=1S/C19H17N5O/c1-13(18-22-16-9-5-6-10-17(16)23-18)21-19(25)14-11-20-24(12-14)15-7-3-2-4-8-15/h2-13H,1H3,(H,21,25)(H,22,23). The van der Waals surface area contributed by atoms with Crippen LogP contribution >= 0.6 is 0 Å². The lowest BCUT2D eigenvalue weighted by molar-refractivity contribution is 0.0938. The molecule has 25 heavy (non-hydrogen) atoms. The Kier molecular flexibility index (Phi) is 3.78. The average molecular weight is 331 g/mol. The summed E-state index contributed by atoms with van der Waals surface area (Å²) in [6.45, 7) is 1.90. The van der Waals surface area contributed by atoms with Gasteiger partial charge in [-0.25, -0.2) is 9.67 Å². The maximum absolute atomic E-state index is 12.5. The molecule has 4 aromatic rings. The second kappa shape index (κ2) is 6.24. The highest BCUT2D eigenvalue weighted by atomic mass is 16.1. The van der Waals surface area contributed by atoms with E-state index >= 15 is 0 Å². The molecule has 0 saturated heterocycles. The maximum Gasteiger partial charge on any atom is 0.255 e. The molecule has 4 rings (SSSR count). The number of H-pyrrole nitrogens is 1. The SMILES string of the molecule is CC(NC(=O)c1cnn(-c2ccccc2)c1)c1nc2ccccc2[nH]1. The number of benzene rings is 2. The van der Waals surface area contributed by atoms with Crippen LogP contribution in [0.5, 0.6) is 0 Å². The topological polar surface area (TPSA) is 75.6 Å². The van der Waals surface area contributed by atoms with Gasteiger partial charge in [-0.1, -0.05) is 30.3 Å². The number of carbonyl (C=O) groups excluding carboxylic acids is 1. The molecule has 0 radical (unpaired) electrons. The third kappa shape index (κ3) is 3.01. The number of nitrogens with one attached hydrogen (secondary N) is 2. The van der Waals surface area contributed by atoms with Crippen LogP contribution in [-0.2, 0) is 0 Å². The average Bonchev–Trinajstić information content (AvgIpc) is 3.29. The molecule has 0 aliphatic heterocycles. The van der Waals surface area contributed by atoms with Gasteiger partial charge in [-0.05, 0) is 31.2 Å². The Morgan fingerprint density at radius 2 is 1.88 bits per heavy atom. The van der Waals surface area contributed by atoms with Gasteiger partial charge in [-0.2, -0.15) is 5.10 Å². The summed E-state index contributed by atoms with van der Waals surface area (Å²) in [5.74, 6) is 0.542. The summed E-state index contributed by atoms with van der Waals surface area (Å²) in [4.78, 5) is 20.2. The summed E-state index contributed by atoms with van der Waals surface area (Å²) in [6, 6.07) is 17.2. The molecule has 1 atom stereocenters. The third-order valence-corrected chi connectivity index (χ3v) is 4.03. The summed E-state index contributed by atoms with van der Waals surface area (Å²) in [6.07, 6.45) is 3.28. The van der Waals surface area contributed by atoms with E-state index < -0.39 is 0 Å². The van der Waals surface area contributed by atoms with Crippen molar-refractivity contribution in [2.45, 2.75) is 13.0 Å². The number of fused-ring (bicyclic) bond motifs is 1. The predicted octanol–water partition coefficient (Wildman–Crippen LogP) is 3.24. The van der Waals surface area contributed by atoms with Crippen LogP contribution in [0, 0.1) is 0 Å². The molecule has 2 aromatic heterocycles. The van der Waals surface area contributed by atoms with Crippen molar-refractivity contribution in [3.63, 3.8) is 0 Å². The highest BCUT2D eigenvalue weighted by Crippen LogP contribution is 2.16. The molecular formula is C19H17N5O. The number of carbonyl (C=O) groups is 1. The van der Waals surface area contributed by atoms with Crippen molar-refractivity contribution in [1.82, 2.24) is 25.1 Å². The number of nitrogens with zero attached hydrogens (tertiary/aromatic N) is 3. The molecule has 2 aromatic carbocycles. The van der Waals surface area contributed by atoms with Crippen molar-refractivity contribution in [3.8, 4) is 5.69 Å². The lowest BCUT2D eigenvalue weighted by Gasteiger charge is -2.10. The first kappa shape index (κ1) is 15.1. The zero-order chi connectivity index (χ0) is 17.2. The number of aromatic nitrogens is 4. The summed E-state index contributed by atoms with van der Waals surface area (Å²) >= 11 is 0. The van der Waals surface area contributed by atoms with E-state index in [0.717, 1.165) is 22.5 Å². The predicted molar refractivity (Wildman–Crippen MR) is 95.5 cm³/mol. The summed E-state index contributed by atoms with van der Waals surface area (Å²) < 4.78 is 1.68. The molecule has 2 N–H and O–H groups in total. The fraction of sp³-hybridized carbons (Fsp3) is 0.105. The van der Waals surface area contributed by atoms with E-state index in [1.165, 1.54) is 0 Å². The van der Waals surface area contributed by atoms with Gasteiger partial charge in [0.05, 0.1) is 34.5 Å². The van der Waals surface area contributed by atoms with Gasteiger partial charge in [-0.15, -0.1) is 0 Å². The van der Waals surface area contributed by atoms with E-state index in [0.29, 0.717) is 5.56 Å².